The minimum atomic E-state index is -3.62. The lowest BCUT2D eigenvalue weighted by Crippen LogP contribution is -2.43. The Labute approximate surface area is 141 Å². The van der Waals surface area contributed by atoms with Crippen LogP contribution in [0.25, 0.3) is 0 Å². The van der Waals surface area contributed by atoms with E-state index >= 15 is 0 Å². The van der Waals surface area contributed by atoms with E-state index in [2.05, 4.69) is 10.0 Å². The van der Waals surface area contributed by atoms with Crippen molar-refractivity contribution in [2.24, 2.45) is 5.92 Å². The summed E-state index contributed by atoms with van der Waals surface area (Å²) in [5.74, 6) is -1.67. The topological polar surface area (TPSA) is 116 Å². The molecule has 8 nitrogen and oxygen atoms in total. The lowest BCUT2D eigenvalue weighted by atomic mass is 10.2. The molecule has 2 amide bonds. The van der Waals surface area contributed by atoms with E-state index in [4.69, 9.17) is 5.11 Å². The molecule has 1 atom stereocenters. The molecule has 0 radical (unpaired) electrons. The van der Waals surface area contributed by atoms with Crippen LogP contribution in [0.1, 0.15) is 12.5 Å². The molecule has 0 heterocycles. The Morgan fingerprint density at radius 2 is 1.79 bits per heavy atom. The van der Waals surface area contributed by atoms with Crippen LogP contribution in [0.3, 0.4) is 0 Å². The number of carboxylic acid groups (broad SMARTS) is 1. The fraction of sp³-hybridized carbons (Fsp3) is 0.467. The highest BCUT2D eigenvalue weighted by Crippen LogP contribution is 2.09. The number of urea groups is 1. The minimum absolute atomic E-state index is 0.0320. The molecule has 0 spiro atoms. The van der Waals surface area contributed by atoms with Crippen molar-refractivity contribution in [2.45, 2.75) is 18.7 Å². The molecule has 1 aromatic carbocycles. The smallest absolute Gasteiger partial charge is 0.317 e. The first kappa shape index (κ1) is 19.9. The van der Waals surface area contributed by atoms with Gasteiger partial charge in [-0.25, -0.2) is 17.9 Å². The van der Waals surface area contributed by atoms with Gasteiger partial charge in [0, 0.05) is 26.7 Å². The number of rotatable bonds is 8. The number of amides is 2. The standard InChI is InChI=1S/C15H23N3O5S/c1-11-4-6-13(7-5-11)24(22,23)17-9-8-16-15(21)18(3)10-12(2)14(19)20/h4-7,12,17H,8-10H2,1-3H3,(H,16,21)(H,19,20). The van der Waals surface area contributed by atoms with E-state index in [1.54, 1.807) is 12.1 Å². The molecule has 0 fully saturated rings. The number of hydrogen-bond acceptors (Lipinski definition) is 4. The number of carbonyl (C=O) groups excluding carboxylic acids is 1. The van der Waals surface area contributed by atoms with Crippen molar-refractivity contribution in [2.75, 3.05) is 26.7 Å². The zero-order chi connectivity index (χ0) is 18.3. The van der Waals surface area contributed by atoms with Crippen molar-refractivity contribution in [1.29, 1.82) is 0 Å². The first-order valence-electron chi connectivity index (χ1n) is 7.41. The van der Waals surface area contributed by atoms with Gasteiger partial charge in [0.1, 0.15) is 0 Å². The normalized spacial score (nSPS) is 12.5. The van der Waals surface area contributed by atoms with Crippen molar-refractivity contribution in [1.82, 2.24) is 14.9 Å². The first-order chi connectivity index (χ1) is 11.1. The van der Waals surface area contributed by atoms with Crippen LogP contribution < -0.4 is 10.0 Å². The molecule has 0 aromatic heterocycles. The number of benzene rings is 1. The third-order valence-corrected chi connectivity index (χ3v) is 4.82. The Hall–Kier alpha value is -2.13. The lowest BCUT2D eigenvalue weighted by molar-refractivity contribution is -0.141. The lowest BCUT2D eigenvalue weighted by Gasteiger charge is -2.20. The molecule has 0 aliphatic rings. The van der Waals surface area contributed by atoms with Gasteiger partial charge in [0.05, 0.1) is 10.8 Å². The Kier molecular flexibility index (Phi) is 7.18. The highest BCUT2D eigenvalue weighted by molar-refractivity contribution is 7.89. The summed E-state index contributed by atoms with van der Waals surface area (Å²) in [7, 11) is -2.14. The summed E-state index contributed by atoms with van der Waals surface area (Å²) in [6.45, 7) is 3.55. The van der Waals surface area contributed by atoms with Gasteiger partial charge >= 0.3 is 12.0 Å². The number of aliphatic carboxylic acids is 1. The Morgan fingerprint density at radius 3 is 2.33 bits per heavy atom. The van der Waals surface area contributed by atoms with Crippen LogP contribution in [0.2, 0.25) is 0 Å². The Bertz CT molecular complexity index is 673. The number of sulfonamides is 1. The highest BCUT2D eigenvalue weighted by Gasteiger charge is 2.17. The van der Waals surface area contributed by atoms with Crippen LogP contribution in [0, 0.1) is 12.8 Å². The van der Waals surface area contributed by atoms with Gasteiger partial charge in [-0.05, 0) is 19.1 Å². The fourth-order valence-corrected chi connectivity index (χ4v) is 2.89. The molecule has 0 aliphatic carbocycles. The molecule has 24 heavy (non-hydrogen) atoms. The van der Waals surface area contributed by atoms with Crippen LogP contribution in [0.4, 0.5) is 4.79 Å². The van der Waals surface area contributed by atoms with Crippen molar-refractivity contribution in [3.05, 3.63) is 29.8 Å². The maximum absolute atomic E-state index is 12.0. The van der Waals surface area contributed by atoms with Crippen LogP contribution in [0.15, 0.2) is 29.2 Å². The number of carbonyl (C=O) groups is 2. The number of nitrogens with zero attached hydrogens (tertiary/aromatic N) is 1. The third-order valence-electron chi connectivity index (χ3n) is 3.34. The summed E-state index contributed by atoms with van der Waals surface area (Å²) in [6.07, 6.45) is 0. The predicted molar refractivity (Wildman–Crippen MR) is 89.2 cm³/mol. The maximum Gasteiger partial charge on any atom is 0.317 e. The van der Waals surface area contributed by atoms with E-state index in [0.717, 1.165) is 5.56 Å². The van der Waals surface area contributed by atoms with Gasteiger partial charge in [0.25, 0.3) is 0 Å². The first-order valence-corrected chi connectivity index (χ1v) is 8.90. The van der Waals surface area contributed by atoms with Gasteiger partial charge in [-0.2, -0.15) is 0 Å². The highest BCUT2D eigenvalue weighted by atomic mass is 32.2. The summed E-state index contributed by atoms with van der Waals surface area (Å²) in [5, 5.41) is 11.3. The summed E-state index contributed by atoms with van der Waals surface area (Å²) in [5.41, 5.74) is 0.958. The summed E-state index contributed by atoms with van der Waals surface area (Å²) in [4.78, 5) is 23.9. The summed E-state index contributed by atoms with van der Waals surface area (Å²) in [6, 6.07) is 5.97. The molecule has 0 saturated heterocycles. The van der Waals surface area contributed by atoms with E-state index in [0.29, 0.717) is 0 Å². The molecule has 0 saturated carbocycles. The van der Waals surface area contributed by atoms with Gasteiger partial charge in [0.2, 0.25) is 10.0 Å². The second-order valence-electron chi connectivity index (χ2n) is 5.56. The molecular weight excluding hydrogens is 334 g/mol. The predicted octanol–water partition coefficient (Wildman–Crippen LogP) is 0.635. The average molecular weight is 357 g/mol. The number of aryl methyl sites for hydroxylation is 1. The van der Waals surface area contributed by atoms with E-state index in [1.165, 1.54) is 31.0 Å². The number of nitrogens with one attached hydrogen (secondary N) is 2. The van der Waals surface area contributed by atoms with E-state index in [-0.39, 0.29) is 24.5 Å². The van der Waals surface area contributed by atoms with Crippen LogP contribution in [-0.2, 0) is 14.8 Å². The monoisotopic (exact) mass is 357 g/mol. The Morgan fingerprint density at radius 1 is 1.21 bits per heavy atom. The average Bonchev–Trinajstić information content (AvgIpc) is 2.51. The molecule has 9 heteroatoms. The Balaban J connectivity index is 2.41. The second-order valence-corrected chi connectivity index (χ2v) is 7.33. The zero-order valence-corrected chi connectivity index (χ0v) is 14.8. The largest absolute Gasteiger partial charge is 0.481 e. The van der Waals surface area contributed by atoms with Crippen molar-refractivity contribution in [3.63, 3.8) is 0 Å². The van der Waals surface area contributed by atoms with E-state index < -0.39 is 27.9 Å². The molecule has 1 unspecified atom stereocenters. The van der Waals surface area contributed by atoms with Gasteiger partial charge in [-0.1, -0.05) is 24.6 Å². The summed E-state index contributed by atoms with van der Waals surface area (Å²) >= 11 is 0. The fourth-order valence-electron chi connectivity index (χ4n) is 1.86. The molecule has 1 aromatic rings. The van der Waals surface area contributed by atoms with Crippen molar-refractivity contribution >= 4 is 22.0 Å². The number of carboxylic acids is 1. The van der Waals surface area contributed by atoms with Gasteiger partial charge in [0.15, 0.2) is 0 Å². The second kappa shape index (κ2) is 8.65. The molecule has 1 rings (SSSR count). The number of hydrogen-bond donors (Lipinski definition) is 3. The molecule has 134 valence electrons. The quantitative estimate of drug-likeness (QED) is 0.590. The van der Waals surface area contributed by atoms with Crippen molar-refractivity contribution in [3.8, 4) is 0 Å². The zero-order valence-electron chi connectivity index (χ0n) is 13.9. The third kappa shape index (κ3) is 6.17. The van der Waals surface area contributed by atoms with E-state index in [1.807, 2.05) is 6.92 Å². The van der Waals surface area contributed by atoms with Gasteiger partial charge in [-0.3, -0.25) is 4.79 Å². The minimum Gasteiger partial charge on any atom is -0.481 e. The van der Waals surface area contributed by atoms with E-state index in [9.17, 15) is 18.0 Å². The molecule has 0 bridgehead atoms. The summed E-state index contributed by atoms with van der Waals surface area (Å²) < 4.78 is 26.5. The van der Waals surface area contributed by atoms with Crippen LogP contribution in [-0.4, -0.2) is 57.1 Å². The molecular formula is C15H23N3O5S. The van der Waals surface area contributed by atoms with Gasteiger partial charge < -0.3 is 15.3 Å². The molecule has 0 aliphatic heterocycles. The maximum atomic E-state index is 12.0. The van der Waals surface area contributed by atoms with Gasteiger partial charge in [-0.15, -0.1) is 0 Å². The molecule has 3 N–H and O–H groups in total. The van der Waals surface area contributed by atoms with Crippen molar-refractivity contribution < 1.29 is 23.1 Å². The SMILES string of the molecule is Cc1ccc(S(=O)(=O)NCCNC(=O)N(C)CC(C)C(=O)O)cc1. The van der Waals surface area contributed by atoms with Crippen LogP contribution in [0.5, 0.6) is 0 Å². The van der Waals surface area contributed by atoms with Crippen LogP contribution >= 0.6 is 0 Å².